The molecule has 104 valence electrons. The van der Waals surface area contributed by atoms with E-state index in [0.717, 1.165) is 21.4 Å². The van der Waals surface area contributed by atoms with Crippen LogP contribution < -0.4 is 10.1 Å². The van der Waals surface area contributed by atoms with Gasteiger partial charge in [-0.15, -0.1) is 0 Å². The standard InChI is InChI=1S/C14H15BrN4O/c1-9-13(14(20-3)19(2)18-9)12(8-16)17-11-6-4-5-10(15)7-11/h4-7,12,17H,1-3H3. The van der Waals surface area contributed by atoms with E-state index in [4.69, 9.17) is 4.74 Å². The Morgan fingerprint density at radius 1 is 1.50 bits per heavy atom. The van der Waals surface area contributed by atoms with Gasteiger partial charge in [-0.3, -0.25) is 0 Å². The molecule has 0 radical (unpaired) electrons. The number of aromatic nitrogens is 2. The van der Waals surface area contributed by atoms with E-state index in [1.54, 1.807) is 18.8 Å². The third-order valence-corrected chi connectivity index (χ3v) is 3.45. The monoisotopic (exact) mass is 334 g/mol. The highest BCUT2D eigenvalue weighted by Gasteiger charge is 2.23. The van der Waals surface area contributed by atoms with Crippen molar-refractivity contribution < 1.29 is 4.74 Å². The van der Waals surface area contributed by atoms with Gasteiger partial charge in [0.15, 0.2) is 0 Å². The normalized spacial score (nSPS) is 11.8. The number of benzene rings is 1. The van der Waals surface area contributed by atoms with Crippen molar-refractivity contribution >= 4 is 21.6 Å². The van der Waals surface area contributed by atoms with Gasteiger partial charge in [0.05, 0.1) is 24.4 Å². The fraction of sp³-hybridized carbons (Fsp3) is 0.286. The highest BCUT2D eigenvalue weighted by molar-refractivity contribution is 9.10. The molecule has 1 aromatic heterocycles. The quantitative estimate of drug-likeness (QED) is 0.932. The zero-order valence-electron chi connectivity index (χ0n) is 11.5. The van der Waals surface area contributed by atoms with Crippen molar-refractivity contribution in [3.63, 3.8) is 0 Å². The first-order valence-corrected chi connectivity index (χ1v) is 6.85. The third kappa shape index (κ3) is 2.78. The molecule has 0 aliphatic carbocycles. The maximum absolute atomic E-state index is 9.45. The summed E-state index contributed by atoms with van der Waals surface area (Å²) < 4.78 is 7.93. The Hall–Kier alpha value is -2.00. The second kappa shape index (κ2) is 5.97. The number of methoxy groups -OCH3 is 1. The van der Waals surface area contributed by atoms with Gasteiger partial charge in [-0.05, 0) is 25.1 Å². The van der Waals surface area contributed by atoms with Gasteiger partial charge in [0, 0.05) is 17.2 Å². The number of hydrogen-bond donors (Lipinski definition) is 1. The molecule has 1 N–H and O–H groups in total. The minimum atomic E-state index is -0.520. The summed E-state index contributed by atoms with van der Waals surface area (Å²) in [6.45, 7) is 1.87. The van der Waals surface area contributed by atoms with Crippen molar-refractivity contribution in [3.8, 4) is 11.9 Å². The third-order valence-electron chi connectivity index (χ3n) is 2.96. The summed E-state index contributed by atoms with van der Waals surface area (Å²) in [7, 11) is 3.37. The molecule has 2 rings (SSSR count). The zero-order chi connectivity index (χ0) is 14.7. The second-order valence-electron chi connectivity index (χ2n) is 4.35. The molecule has 20 heavy (non-hydrogen) atoms. The molecule has 1 atom stereocenters. The van der Waals surface area contributed by atoms with Crippen LogP contribution in [-0.4, -0.2) is 16.9 Å². The van der Waals surface area contributed by atoms with Crippen LogP contribution in [0.25, 0.3) is 0 Å². The molecule has 0 aliphatic heterocycles. The Morgan fingerprint density at radius 2 is 2.25 bits per heavy atom. The summed E-state index contributed by atoms with van der Waals surface area (Å²) in [5.74, 6) is 0.594. The molecule has 0 bridgehead atoms. The Morgan fingerprint density at radius 3 is 2.85 bits per heavy atom. The smallest absolute Gasteiger partial charge is 0.218 e. The van der Waals surface area contributed by atoms with Crippen LogP contribution in [-0.2, 0) is 7.05 Å². The lowest BCUT2D eigenvalue weighted by molar-refractivity contribution is 0.369. The molecule has 1 heterocycles. The van der Waals surface area contributed by atoms with Crippen LogP contribution in [0.15, 0.2) is 28.7 Å². The van der Waals surface area contributed by atoms with E-state index in [-0.39, 0.29) is 0 Å². The molecule has 0 saturated carbocycles. The van der Waals surface area contributed by atoms with Gasteiger partial charge in [0.1, 0.15) is 6.04 Å². The van der Waals surface area contributed by atoms with E-state index < -0.39 is 6.04 Å². The van der Waals surface area contributed by atoms with Gasteiger partial charge in [-0.2, -0.15) is 10.4 Å². The average Bonchev–Trinajstić information content (AvgIpc) is 2.70. The fourth-order valence-electron chi connectivity index (χ4n) is 2.14. The molecule has 1 unspecified atom stereocenters. The molecule has 0 amide bonds. The number of rotatable bonds is 4. The highest BCUT2D eigenvalue weighted by atomic mass is 79.9. The maximum Gasteiger partial charge on any atom is 0.218 e. The van der Waals surface area contributed by atoms with Crippen LogP contribution in [0, 0.1) is 18.3 Å². The Kier molecular flexibility index (Phi) is 4.30. The zero-order valence-corrected chi connectivity index (χ0v) is 13.1. The molecular formula is C14H15BrN4O. The van der Waals surface area contributed by atoms with E-state index in [2.05, 4.69) is 32.4 Å². The van der Waals surface area contributed by atoms with Crippen molar-refractivity contribution in [1.82, 2.24) is 9.78 Å². The fourth-order valence-corrected chi connectivity index (χ4v) is 2.54. The number of ether oxygens (including phenoxy) is 1. The van der Waals surface area contributed by atoms with E-state index in [9.17, 15) is 5.26 Å². The molecule has 0 saturated heterocycles. The Balaban J connectivity index is 2.37. The van der Waals surface area contributed by atoms with E-state index in [0.29, 0.717) is 5.88 Å². The van der Waals surface area contributed by atoms with E-state index >= 15 is 0 Å². The number of nitrogens with one attached hydrogen (secondary N) is 1. The SMILES string of the molecule is COc1c(C(C#N)Nc2cccc(Br)c2)c(C)nn1C. The van der Waals surface area contributed by atoms with Crippen molar-refractivity contribution in [2.45, 2.75) is 13.0 Å². The molecule has 2 aromatic rings. The average molecular weight is 335 g/mol. The van der Waals surface area contributed by atoms with Gasteiger partial charge < -0.3 is 10.1 Å². The minimum Gasteiger partial charge on any atom is -0.481 e. The van der Waals surface area contributed by atoms with Crippen molar-refractivity contribution in [3.05, 3.63) is 40.0 Å². The molecule has 0 aliphatic rings. The number of aryl methyl sites for hydroxylation is 2. The number of nitrogens with zero attached hydrogens (tertiary/aromatic N) is 3. The topological polar surface area (TPSA) is 62.9 Å². The van der Waals surface area contributed by atoms with Crippen LogP contribution >= 0.6 is 15.9 Å². The van der Waals surface area contributed by atoms with Crippen molar-refractivity contribution in [2.75, 3.05) is 12.4 Å². The van der Waals surface area contributed by atoms with E-state index in [1.165, 1.54) is 0 Å². The number of nitriles is 1. The molecule has 6 heteroatoms. The second-order valence-corrected chi connectivity index (χ2v) is 5.26. The highest BCUT2D eigenvalue weighted by Crippen LogP contribution is 2.30. The number of hydrogen-bond acceptors (Lipinski definition) is 4. The first kappa shape index (κ1) is 14.4. The Bertz CT molecular complexity index is 660. The first-order valence-electron chi connectivity index (χ1n) is 6.06. The van der Waals surface area contributed by atoms with E-state index in [1.807, 2.05) is 31.2 Å². The first-order chi connectivity index (χ1) is 9.56. The van der Waals surface area contributed by atoms with Gasteiger partial charge in [0.2, 0.25) is 5.88 Å². The maximum atomic E-state index is 9.45. The molecular weight excluding hydrogens is 320 g/mol. The summed E-state index contributed by atoms with van der Waals surface area (Å²) in [5.41, 5.74) is 2.40. The Labute approximate surface area is 126 Å². The minimum absolute atomic E-state index is 0.520. The summed E-state index contributed by atoms with van der Waals surface area (Å²) in [5, 5.41) is 16.9. The molecule has 0 fully saturated rings. The largest absolute Gasteiger partial charge is 0.481 e. The van der Waals surface area contributed by atoms with Crippen molar-refractivity contribution in [2.24, 2.45) is 7.05 Å². The lowest BCUT2D eigenvalue weighted by Crippen LogP contribution is -2.10. The van der Waals surface area contributed by atoms with Gasteiger partial charge in [-0.25, -0.2) is 4.68 Å². The summed E-state index contributed by atoms with van der Waals surface area (Å²) >= 11 is 3.41. The van der Waals surface area contributed by atoms with Gasteiger partial charge >= 0.3 is 0 Å². The summed E-state index contributed by atoms with van der Waals surface area (Å²) in [6, 6.07) is 9.41. The molecule has 0 spiro atoms. The molecule has 1 aromatic carbocycles. The van der Waals surface area contributed by atoms with Gasteiger partial charge in [-0.1, -0.05) is 22.0 Å². The van der Waals surface area contributed by atoms with Crippen LogP contribution in [0.3, 0.4) is 0 Å². The van der Waals surface area contributed by atoms with Crippen LogP contribution in [0.2, 0.25) is 0 Å². The predicted molar refractivity (Wildman–Crippen MR) is 80.6 cm³/mol. The number of halogens is 1. The lowest BCUT2D eigenvalue weighted by Gasteiger charge is -2.14. The predicted octanol–water partition coefficient (Wildman–Crippen LogP) is 3.18. The summed E-state index contributed by atoms with van der Waals surface area (Å²) in [4.78, 5) is 0. The van der Waals surface area contributed by atoms with Crippen LogP contribution in [0.4, 0.5) is 5.69 Å². The summed E-state index contributed by atoms with van der Waals surface area (Å²) in [6.07, 6.45) is 0. The molecule has 5 nitrogen and oxygen atoms in total. The van der Waals surface area contributed by atoms with Crippen molar-refractivity contribution in [1.29, 1.82) is 5.26 Å². The van der Waals surface area contributed by atoms with Crippen LogP contribution in [0.1, 0.15) is 17.3 Å². The number of anilines is 1. The van der Waals surface area contributed by atoms with Crippen LogP contribution in [0.5, 0.6) is 5.88 Å². The van der Waals surface area contributed by atoms with Gasteiger partial charge in [0.25, 0.3) is 0 Å². The lowest BCUT2D eigenvalue weighted by atomic mass is 10.1.